The Kier molecular flexibility index (Phi) is 278. The predicted octanol–water partition coefficient (Wildman–Crippen LogP) is -0.0123. The van der Waals surface area contributed by atoms with E-state index in [1.807, 2.05) is 0 Å². The molecular formula is CH13ClMgN2O4. The summed E-state index contributed by atoms with van der Waals surface area (Å²) in [6.45, 7) is 0. The molecule has 0 unspecified atom stereocenters. The zero-order chi connectivity index (χ0) is 3.58. The summed E-state index contributed by atoms with van der Waals surface area (Å²) < 4.78 is 0. The van der Waals surface area contributed by atoms with E-state index >= 15 is 0 Å². The topological polar surface area (TPSA) is 159 Å². The first-order valence-electron chi connectivity index (χ1n) is 0.651. The molecule has 10 N–H and O–H groups in total. The Bertz CT molecular complexity index is 49.1. The first-order chi connectivity index (χ1) is 1.73. The SMILES string of the molecule is Cl.N.N.O.O=C(O)O.[H-].[H-].[Mg+2]. The van der Waals surface area contributed by atoms with Gasteiger partial charge in [0.2, 0.25) is 0 Å². The molecule has 9 heavy (non-hydrogen) atoms. The summed E-state index contributed by atoms with van der Waals surface area (Å²) in [5, 5.41) is 13.9. The quantitative estimate of drug-likeness (QED) is 0.382. The van der Waals surface area contributed by atoms with Crippen molar-refractivity contribution in [2.75, 3.05) is 0 Å². The molecule has 0 fully saturated rings. The molecule has 0 atom stereocenters. The van der Waals surface area contributed by atoms with E-state index in [1.165, 1.54) is 0 Å². The van der Waals surface area contributed by atoms with E-state index in [-0.39, 0.29) is 56.1 Å². The molecule has 0 bridgehead atoms. The fourth-order valence-electron chi connectivity index (χ4n) is 0. The minimum absolute atomic E-state index is 0. The van der Waals surface area contributed by atoms with Crippen LogP contribution in [-0.2, 0) is 0 Å². The van der Waals surface area contributed by atoms with Crippen molar-refractivity contribution in [2.45, 2.75) is 0 Å². The summed E-state index contributed by atoms with van der Waals surface area (Å²) >= 11 is 0. The van der Waals surface area contributed by atoms with Gasteiger partial charge in [-0.25, -0.2) is 4.79 Å². The maximum atomic E-state index is 8.56. The van der Waals surface area contributed by atoms with Crippen molar-refractivity contribution in [1.82, 2.24) is 12.3 Å². The van der Waals surface area contributed by atoms with Crippen LogP contribution in [0.1, 0.15) is 2.85 Å². The Morgan fingerprint density at radius 3 is 1.22 bits per heavy atom. The van der Waals surface area contributed by atoms with Crippen molar-refractivity contribution >= 4 is 41.6 Å². The first-order valence-corrected chi connectivity index (χ1v) is 0.651. The number of carbonyl (C=O) groups is 1. The second kappa shape index (κ2) is 41.5. The van der Waals surface area contributed by atoms with Gasteiger partial charge in [0.1, 0.15) is 0 Å². The van der Waals surface area contributed by atoms with Crippen LogP contribution < -0.4 is 12.3 Å². The van der Waals surface area contributed by atoms with Crippen molar-refractivity contribution in [1.29, 1.82) is 0 Å². The minimum atomic E-state index is -1.83. The van der Waals surface area contributed by atoms with Gasteiger partial charge < -0.3 is 30.8 Å². The molecule has 0 spiro atoms. The predicted molar refractivity (Wildman–Crippen MR) is 39.5 cm³/mol. The Labute approximate surface area is 77.6 Å². The number of carboxylic acid groups (broad SMARTS) is 2. The standard InChI is InChI=1S/CH2O3.ClH.Mg.2H3N.H2O.2H/c2-1(3)4;;;;;;;/h(H2,2,3,4);1H;;2*1H3;1H2;;/q;;+2;;;;2*-1. The summed E-state index contributed by atoms with van der Waals surface area (Å²) in [6.07, 6.45) is -1.83. The van der Waals surface area contributed by atoms with Crippen molar-refractivity contribution in [3.63, 3.8) is 0 Å². The third-order valence-corrected chi connectivity index (χ3v) is 0. The monoisotopic (exact) mass is 176 g/mol. The van der Waals surface area contributed by atoms with E-state index < -0.39 is 6.16 Å². The van der Waals surface area contributed by atoms with Gasteiger partial charge in [-0.15, -0.1) is 12.4 Å². The van der Waals surface area contributed by atoms with Crippen molar-refractivity contribution < 1.29 is 23.3 Å². The molecule has 0 aliphatic heterocycles. The van der Waals surface area contributed by atoms with Crippen LogP contribution in [0.2, 0.25) is 0 Å². The largest absolute Gasteiger partial charge is 2.00 e. The van der Waals surface area contributed by atoms with E-state index in [0.717, 1.165) is 0 Å². The molecule has 0 saturated carbocycles. The molecule has 0 amide bonds. The second-order valence-electron chi connectivity index (χ2n) is 0.283. The third-order valence-electron chi connectivity index (χ3n) is 0. The molecule has 0 aromatic heterocycles. The average molecular weight is 177 g/mol. The van der Waals surface area contributed by atoms with E-state index in [1.54, 1.807) is 0 Å². The van der Waals surface area contributed by atoms with Crippen LogP contribution >= 0.6 is 12.4 Å². The molecule has 6 nitrogen and oxygen atoms in total. The molecule has 0 radical (unpaired) electrons. The number of hydrogen-bond donors (Lipinski definition) is 4. The summed E-state index contributed by atoms with van der Waals surface area (Å²) in [5.41, 5.74) is 0. The zero-order valence-electron chi connectivity index (χ0n) is 6.83. The van der Waals surface area contributed by atoms with Crippen LogP contribution in [0.5, 0.6) is 0 Å². The molecule has 8 heteroatoms. The van der Waals surface area contributed by atoms with Gasteiger partial charge in [0.25, 0.3) is 0 Å². The summed E-state index contributed by atoms with van der Waals surface area (Å²) in [6, 6.07) is 0. The normalized spacial score (nSPS) is 2.67. The van der Waals surface area contributed by atoms with Gasteiger partial charge >= 0.3 is 29.2 Å². The maximum absolute atomic E-state index is 8.56. The summed E-state index contributed by atoms with van der Waals surface area (Å²) in [7, 11) is 0. The van der Waals surface area contributed by atoms with E-state index in [9.17, 15) is 0 Å². The van der Waals surface area contributed by atoms with Gasteiger partial charge in [-0.05, 0) is 0 Å². The van der Waals surface area contributed by atoms with Gasteiger partial charge in [-0.3, -0.25) is 0 Å². The molecule has 0 rings (SSSR count). The molecule has 0 saturated heterocycles. The Balaban J connectivity index is -0.00000000214. The van der Waals surface area contributed by atoms with Crippen molar-refractivity contribution in [2.24, 2.45) is 0 Å². The smallest absolute Gasteiger partial charge is 1.00 e. The second-order valence-corrected chi connectivity index (χ2v) is 0.283. The Hall–Kier alpha value is 0.206. The van der Waals surface area contributed by atoms with E-state index in [4.69, 9.17) is 15.0 Å². The van der Waals surface area contributed by atoms with Crippen LogP contribution in [0, 0.1) is 0 Å². The maximum Gasteiger partial charge on any atom is 2.00 e. The molecular weight excluding hydrogens is 164 g/mol. The summed E-state index contributed by atoms with van der Waals surface area (Å²) in [5.74, 6) is 0. The van der Waals surface area contributed by atoms with Gasteiger partial charge in [0, 0.05) is 0 Å². The molecule has 0 aromatic carbocycles. The van der Waals surface area contributed by atoms with Crippen LogP contribution in [0.25, 0.3) is 0 Å². The van der Waals surface area contributed by atoms with E-state index in [0.29, 0.717) is 0 Å². The van der Waals surface area contributed by atoms with Crippen molar-refractivity contribution in [3.8, 4) is 0 Å². The molecule has 0 heterocycles. The van der Waals surface area contributed by atoms with Crippen LogP contribution in [-0.4, -0.2) is 44.9 Å². The molecule has 0 aliphatic rings. The van der Waals surface area contributed by atoms with Gasteiger partial charge in [0.05, 0.1) is 0 Å². The van der Waals surface area contributed by atoms with E-state index in [2.05, 4.69) is 0 Å². The fourth-order valence-corrected chi connectivity index (χ4v) is 0. The van der Waals surface area contributed by atoms with Gasteiger partial charge in [-0.1, -0.05) is 0 Å². The average Bonchev–Trinajstić information content (AvgIpc) is 0.811. The van der Waals surface area contributed by atoms with Crippen LogP contribution in [0.15, 0.2) is 0 Å². The summed E-state index contributed by atoms with van der Waals surface area (Å²) in [4.78, 5) is 8.56. The van der Waals surface area contributed by atoms with Crippen LogP contribution in [0.4, 0.5) is 4.79 Å². The third kappa shape index (κ3) is 7430. The molecule has 0 aliphatic carbocycles. The Morgan fingerprint density at radius 1 is 1.22 bits per heavy atom. The minimum Gasteiger partial charge on any atom is -1.00 e. The van der Waals surface area contributed by atoms with Crippen molar-refractivity contribution in [3.05, 3.63) is 0 Å². The molecule has 0 aromatic rings. The van der Waals surface area contributed by atoms with Gasteiger partial charge in [-0.2, -0.15) is 0 Å². The Morgan fingerprint density at radius 2 is 1.22 bits per heavy atom. The fraction of sp³-hybridized carbons (Fsp3) is 0. The number of hydrogen-bond acceptors (Lipinski definition) is 3. The number of halogens is 1. The zero-order valence-corrected chi connectivity index (χ0v) is 7.06. The molecule has 60 valence electrons. The van der Waals surface area contributed by atoms with Crippen LogP contribution in [0.3, 0.4) is 0 Å². The number of rotatable bonds is 0. The van der Waals surface area contributed by atoms with Gasteiger partial charge in [0.15, 0.2) is 0 Å². The first kappa shape index (κ1) is 60.3.